The number of halogens is 1. The van der Waals surface area contributed by atoms with Gasteiger partial charge in [0.1, 0.15) is 5.82 Å². The molecule has 0 atom stereocenters. The summed E-state index contributed by atoms with van der Waals surface area (Å²) in [7, 11) is 0. The molecular weight excluding hydrogens is 251 g/mol. The Hall–Kier alpha value is -2.03. The van der Waals surface area contributed by atoms with Crippen LogP contribution >= 0.6 is 0 Å². The highest BCUT2D eigenvalue weighted by molar-refractivity contribution is 5.61. The fourth-order valence-electron chi connectivity index (χ4n) is 2.90. The smallest absolute Gasteiger partial charge is 0.123 e. The van der Waals surface area contributed by atoms with Crippen molar-refractivity contribution in [2.24, 2.45) is 0 Å². The number of nitrogen functional groups attached to an aromatic ring is 1. The van der Waals surface area contributed by atoms with Gasteiger partial charge in [-0.3, -0.25) is 0 Å². The minimum Gasteiger partial charge on any atom is -0.399 e. The molecule has 0 aliphatic carbocycles. The molecule has 104 valence electrons. The van der Waals surface area contributed by atoms with Crippen molar-refractivity contribution in [1.82, 2.24) is 0 Å². The second-order valence-corrected chi connectivity index (χ2v) is 5.48. The van der Waals surface area contributed by atoms with Gasteiger partial charge in [-0.1, -0.05) is 6.07 Å². The third-order valence-electron chi connectivity index (χ3n) is 3.98. The predicted molar refractivity (Wildman–Crippen MR) is 81.4 cm³/mol. The van der Waals surface area contributed by atoms with E-state index in [1.807, 2.05) is 19.1 Å². The molecule has 0 amide bonds. The molecule has 1 heterocycles. The van der Waals surface area contributed by atoms with Crippen molar-refractivity contribution in [3.63, 3.8) is 0 Å². The zero-order chi connectivity index (χ0) is 14.1. The monoisotopic (exact) mass is 270 g/mol. The van der Waals surface area contributed by atoms with Crippen molar-refractivity contribution >= 4 is 11.4 Å². The zero-order valence-corrected chi connectivity index (χ0v) is 11.7. The van der Waals surface area contributed by atoms with Gasteiger partial charge >= 0.3 is 0 Å². The first kappa shape index (κ1) is 13.0. The lowest BCUT2D eigenvalue weighted by molar-refractivity contribution is 0.624. The van der Waals surface area contributed by atoms with Gasteiger partial charge in [0.05, 0.1) is 0 Å². The first-order chi connectivity index (χ1) is 9.63. The number of anilines is 2. The highest BCUT2D eigenvalue weighted by Gasteiger charge is 2.17. The summed E-state index contributed by atoms with van der Waals surface area (Å²) in [6.07, 6.45) is 2.22. The normalized spacial score (nSPS) is 14.2. The van der Waals surface area contributed by atoms with E-state index in [1.54, 1.807) is 6.07 Å². The van der Waals surface area contributed by atoms with E-state index < -0.39 is 0 Å². The third kappa shape index (κ3) is 2.48. The van der Waals surface area contributed by atoms with Crippen LogP contribution in [0.2, 0.25) is 0 Å². The molecule has 2 aromatic rings. The van der Waals surface area contributed by atoms with E-state index in [0.29, 0.717) is 0 Å². The van der Waals surface area contributed by atoms with E-state index in [2.05, 4.69) is 17.0 Å². The fraction of sp³-hybridized carbons (Fsp3) is 0.294. The number of nitrogens with two attached hydrogens (primary N) is 1. The summed E-state index contributed by atoms with van der Waals surface area (Å²) in [6, 6.07) is 11.1. The standard InChI is InChI=1S/C17H19FN2/c1-12-9-15(18)5-4-14(12)11-20-8-2-3-13-10-16(19)6-7-17(13)20/h4-7,9-10H,2-3,8,11,19H2,1H3. The lowest BCUT2D eigenvalue weighted by Gasteiger charge is -2.32. The molecule has 2 nitrogen and oxygen atoms in total. The van der Waals surface area contributed by atoms with Crippen molar-refractivity contribution in [2.75, 3.05) is 17.2 Å². The maximum absolute atomic E-state index is 13.2. The van der Waals surface area contributed by atoms with Crippen LogP contribution in [0.15, 0.2) is 36.4 Å². The summed E-state index contributed by atoms with van der Waals surface area (Å²) in [6.45, 7) is 3.82. The molecular formula is C17H19FN2. The SMILES string of the molecule is Cc1cc(F)ccc1CN1CCCc2cc(N)ccc21. The zero-order valence-electron chi connectivity index (χ0n) is 11.7. The minimum atomic E-state index is -0.168. The van der Waals surface area contributed by atoms with E-state index in [-0.39, 0.29) is 5.82 Å². The van der Waals surface area contributed by atoms with Gasteiger partial charge in [-0.05, 0) is 66.8 Å². The summed E-state index contributed by atoms with van der Waals surface area (Å²) in [5, 5.41) is 0. The Bertz CT molecular complexity index is 637. The van der Waals surface area contributed by atoms with Gasteiger partial charge < -0.3 is 10.6 Å². The molecule has 0 fully saturated rings. The predicted octanol–water partition coefficient (Wildman–Crippen LogP) is 3.67. The number of nitrogens with zero attached hydrogens (tertiary/aromatic N) is 1. The van der Waals surface area contributed by atoms with Crippen LogP contribution in [0.1, 0.15) is 23.1 Å². The van der Waals surface area contributed by atoms with Crippen molar-refractivity contribution < 1.29 is 4.39 Å². The summed E-state index contributed by atoms with van der Waals surface area (Å²) >= 11 is 0. The first-order valence-electron chi connectivity index (χ1n) is 7.02. The van der Waals surface area contributed by atoms with Gasteiger partial charge in [0.15, 0.2) is 0 Å². The number of hydrogen-bond donors (Lipinski definition) is 1. The van der Waals surface area contributed by atoms with E-state index >= 15 is 0 Å². The van der Waals surface area contributed by atoms with Crippen molar-refractivity contribution in [3.05, 3.63) is 58.9 Å². The topological polar surface area (TPSA) is 29.3 Å². The molecule has 0 saturated carbocycles. The highest BCUT2D eigenvalue weighted by Crippen LogP contribution is 2.30. The van der Waals surface area contributed by atoms with Crippen LogP contribution in [-0.4, -0.2) is 6.54 Å². The first-order valence-corrected chi connectivity index (χ1v) is 7.02. The molecule has 3 rings (SSSR count). The van der Waals surface area contributed by atoms with Crippen molar-refractivity contribution in [3.8, 4) is 0 Å². The third-order valence-corrected chi connectivity index (χ3v) is 3.98. The molecule has 0 spiro atoms. The molecule has 3 heteroatoms. The number of fused-ring (bicyclic) bond motifs is 1. The van der Waals surface area contributed by atoms with Gasteiger partial charge in [0.2, 0.25) is 0 Å². The second kappa shape index (κ2) is 5.16. The lowest BCUT2D eigenvalue weighted by atomic mass is 9.99. The number of aryl methyl sites for hydroxylation is 2. The van der Waals surface area contributed by atoms with Crippen LogP contribution in [0, 0.1) is 12.7 Å². The molecule has 0 saturated heterocycles. The second-order valence-electron chi connectivity index (χ2n) is 5.48. The van der Waals surface area contributed by atoms with Crippen LogP contribution < -0.4 is 10.6 Å². The van der Waals surface area contributed by atoms with E-state index in [4.69, 9.17) is 5.73 Å². The molecule has 0 radical (unpaired) electrons. The maximum Gasteiger partial charge on any atom is 0.123 e. The summed E-state index contributed by atoms with van der Waals surface area (Å²) in [4.78, 5) is 2.36. The summed E-state index contributed by atoms with van der Waals surface area (Å²) in [5.41, 5.74) is 11.4. The van der Waals surface area contributed by atoms with Crippen LogP contribution in [0.25, 0.3) is 0 Å². The van der Waals surface area contributed by atoms with Crippen LogP contribution in [0.3, 0.4) is 0 Å². The molecule has 0 unspecified atom stereocenters. The Kier molecular flexibility index (Phi) is 3.35. The number of benzene rings is 2. The number of hydrogen-bond acceptors (Lipinski definition) is 2. The average molecular weight is 270 g/mol. The molecule has 1 aliphatic rings. The van der Waals surface area contributed by atoms with Gasteiger partial charge in [0.25, 0.3) is 0 Å². The Morgan fingerprint density at radius 3 is 2.85 bits per heavy atom. The lowest BCUT2D eigenvalue weighted by Crippen LogP contribution is -2.29. The Morgan fingerprint density at radius 1 is 1.20 bits per heavy atom. The minimum absolute atomic E-state index is 0.168. The Morgan fingerprint density at radius 2 is 2.05 bits per heavy atom. The average Bonchev–Trinajstić information content (AvgIpc) is 2.41. The van der Waals surface area contributed by atoms with Gasteiger partial charge in [-0.2, -0.15) is 0 Å². The van der Waals surface area contributed by atoms with Gasteiger partial charge in [0, 0.05) is 24.5 Å². The summed E-state index contributed by atoms with van der Waals surface area (Å²) in [5.74, 6) is -0.168. The fourth-order valence-corrected chi connectivity index (χ4v) is 2.90. The molecule has 2 N–H and O–H groups in total. The van der Waals surface area contributed by atoms with E-state index in [9.17, 15) is 4.39 Å². The van der Waals surface area contributed by atoms with Crippen LogP contribution in [0.4, 0.5) is 15.8 Å². The molecule has 0 bridgehead atoms. The maximum atomic E-state index is 13.2. The summed E-state index contributed by atoms with van der Waals surface area (Å²) < 4.78 is 13.2. The molecule has 20 heavy (non-hydrogen) atoms. The Balaban J connectivity index is 1.89. The van der Waals surface area contributed by atoms with Crippen LogP contribution in [0.5, 0.6) is 0 Å². The van der Waals surface area contributed by atoms with Crippen molar-refractivity contribution in [1.29, 1.82) is 0 Å². The van der Waals surface area contributed by atoms with Gasteiger partial charge in [-0.15, -0.1) is 0 Å². The molecule has 1 aliphatic heterocycles. The highest BCUT2D eigenvalue weighted by atomic mass is 19.1. The largest absolute Gasteiger partial charge is 0.399 e. The quantitative estimate of drug-likeness (QED) is 0.844. The van der Waals surface area contributed by atoms with Crippen LogP contribution in [-0.2, 0) is 13.0 Å². The molecule has 0 aromatic heterocycles. The van der Waals surface area contributed by atoms with Crippen molar-refractivity contribution in [2.45, 2.75) is 26.3 Å². The van der Waals surface area contributed by atoms with Gasteiger partial charge in [-0.25, -0.2) is 4.39 Å². The number of rotatable bonds is 2. The van der Waals surface area contributed by atoms with E-state index in [1.165, 1.54) is 22.9 Å². The molecule has 2 aromatic carbocycles. The van der Waals surface area contributed by atoms with E-state index in [0.717, 1.165) is 37.2 Å². The Labute approximate surface area is 119 Å².